The Bertz CT molecular complexity index is 878. The summed E-state index contributed by atoms with van der Waals surface area (Å²) in [6.45, 7) is -0.0110. The Morgan fingerprint density at radius 1 is 0.917 bits per heavy atom. The van der Waals surface area contributed by atoms with Gasteiger partial charge in [0.2, 0.25) is 0 Å². The maximum atomic E-state index is 13.0. The molecular weight excluding hydrogens is 376 g/mol. The van der Waals surface area contributed by atoms with Crippen molar-refractivity contribution in [1.82, 2.24) is 4.90 Å². The molecule has 2 aromatic rings. The first-order valence-electron chi connectivity index (χ1n) is 6.84. The van der Waals surface area contributed by atoms with Gasteiger partial charge in [-0.05, 0) is 29.8 Å². The lowest BCUT2D eigenvalue weighted by atomic mass is 10.1. The van der Waals surface area contributed by atoms with E-state index in [0.717, 1.165) is 4.90 Å². The van der Waals surface area contributed by atoms with E-state index < -0.39 is 17.6 Å². The van der Waals surface area contributed by atoms with Crippen molar-refractivity contribution in [1.29, 1.82) is 0 Å². The SMILES string of the molecule is O=C1C(Cl)=C(c2ccc(Cl)cc2Cl)C(=O)N1Cc1ccc(F)cc1. The van der Waals surface area contributed by atoms with Crippen LogP contribution in [0, 0.1) is 5.82 Å². The number of hydrogen-bond donors (Lipinski definition) is 0. The van der Waals surface area contributed by atoms with Crippen molar-refractivity contribution in [2.24, 2.45) is 0 Å². The molecule has 0 atom stereocenters. The molecule has 3 nitrogen and oxygen atoms in total. The van der Waals surface area contributed by atoms with Gasteiger partial charge in [-0.1, -0.05) is 53.0 Å². The average molecular weight is 385 g/mol. The van der Waals surface area contributed by atoms with Crippen molar-refractivity contribution >= 4 is 52.2 Å². The molecule has 0 spiro atoms. The molecule has 1 aliphatic heterocycles. The molecule has 122 valence electrons. The molecule has 1 aliphatic rings. The normalized spacial score (nSPS) is 14.8. The van der Waals surface area contributed by atoms with Gasteiger partial charge in [0.1, 0.15) is 10.8 Å². The quantitative estimate of drug-likeness (QED) is 0.722. The smallest absolute Gasteiger partial charge is 0.269 e. The summed E-state index contributed by atoms with van der Waals surface area (Å²) in [7, 11) is 0. The Kier molecular flexibility index (Phi) is 4.63. The van der Waals surface area contributed by atoms with Gasteiger partial charge in [0.15, 0.2) is 0 Å². The molecule has 2 aromatic carbocycles. The van der Waals surface area contributed by atoms with Gasteiger partial charge in [-0.2, -0.15) is 0 Å². The molecule has 0 aliphatic carbocycles. The van der Waals surface area contributed by atoms with Gasteiger partial charge in [0, 0.05) is 10.6 Å². The second kappa shape index (κ2) is 6.55. The van der Waals surface area contributed by atoms with Crippen LogP contribution in [0.1, 0.15) is 11.1 Å². The van der Waals surface area contributed by atoms with E-state index in [1.54, 1.807) is 6.07 Å². The number of rotatable bonds is 3. The number of nitrogens with zero attached hydrogens (tertiary/aromatic N) is 1. The Morgan fingerprint density at radius 3 is 2.21 bits per heavy atom. The maximum absolute atomic E-state index is 13.0. The number of halogens is 4. The Labute approximate surface area is 152 Å². The molecular formula is C17H9Cl3FNO2. The molecule has 0 radical (unpaired) electrons. The van der Waals surface area contributed by atoms with Crippen LogP contribution >= 0.6 is 34.8 Å². The third kappa shape index (κ3) is 3.05. The molecule has 0 fully saturated rings. The van der Waals surface area contributed by atoms with Gasteiger partial charge in [0.25, 0.3) is 11.8 Å². The molecule has 24 heavy (non-hydrogen) atoms. The van der Waals surface area contributed by atoms with Crippen LogP contribution in [0.4, 0.5) is 4.39 Å². The van der Waals surface area contributed by atoms with Crippen molar-refractivity contribution in [3.05, 3.63) is 74.5 Å². The van der Waals surface area contributed by atoms with Gasteiger partial charge in [-0.3, -0.25) is 14.5 Å². The molecule has 7 heteroatoms. The van der Waals surface area contributed by atoms with E-state index in [1.807, 2.05) is 0 Å². The highest BCUT2D eigenvalue weighted by molar-refractivity contribution is 6.55. The van der Waals surface area contributed by atoms with E-state index in [4.69, 9.17) is 34.8 Å². The van der Waals surface area contributed by atoms with Gasteiger partial charge < -0.3 is 0 Å². The first-order chi connectivity index (χ1) is 11.4. The summed E-state index contributed by atoms with van der Waals surface area (Å²) in [6.07, 6.45) is 0. The van der Waals surface area contributed by atoms with E-state index in [2.05, 4.69) is 0 Å². The number of hydrogen-bond acceptors (Lipinski definition) is 2. The second-order valence-electron chi connectivity index (χ2n) is 5.14. The number of amides is 2. The molecule has 0 bridgehead atoms. The minimum Gasteiger partial charge on any atom is -0.269 e. The van der Waals surface area contributed by atoms with Crippen molar-refractivity contribution in [3.63, 3.8) is 0 Å². The van der Waals surface area contributed by atoms with Crippen LogP contribution < -0.4 is 0 Å². The molecule has 0 aromatic heterocycles. The van der Waals surface area contributed by atoms with E-state index in [1.165, 1.54) is 36.4 Å². The van der Waals surface area contributed by atoms with Crippen LogP contribution in [0.5, 0.6) is 0 Å². The zero-order chi connectivity index (χ0) is 17.4. The highest BCUT2D eigenvalue weighted by Gasteiger charge is 2.38. The third-order valence-corrected chi connectivity index (χ3v) is 4.46. The summed E-state index contributed by atoms with van der Waals surface area (Å²) in [5.41, 5.74) is 0.975. The molecule has 0 saturated carbocycles. The standard InChI is InChI=1S/C17H9Cl3FNO2/c18-10-3-6-12(13(19)7-10)14-15(20)17(24)22(16(14)23)8-9-1-4-11(21)5-2-9/h1-7H,8H2. The second-order valence-corrected chi connectivity index (χ2v) is 6.36. The van der Waals surface area contributed by atoms with Crippen molar-refractivity contribution in [2.45, 2.75) is 6.54 Å². The first kappa shape index (κ1) is 17.0. The molecule has 0 unspecified atom stereocenters. The Hall–Kier alpha value is -1.88. The molecule has 0 N–H and O–H groups in total. The summed E-state index contributed by atoms with van der Waals surface area (Å²) in [5.74, 6) is -1.58. The van der Waals surface area contributed by atoms with Gasteiger partial charge in [-0.15, -0.1) is 0 Å². The van der Waals surface area contributed by atoms with Crippen LogP contribution in [0.3, 0.4) is 0 Å². The van der Waals surface area contributed by atoms with E-state index in [9.17, 15) is 14.0 Å². The summed E-state index contributed by atoms with van der Waals surface area (Å²) >= 11 is 18.0. The fourth-order valence-electron chi connectivity index (χ4n) is 2.39. The maximum Gasteiger partial charge on any atom is 0.273 e. The predicted molar refractivity (Wildman–Crippen MR) is 91.2 cm³/mol. The van der Waals surface area contributed by atoms with Gasteiger partial charge in [-0.25, -0.2) is 4.39 Å². The summed E-state index contributed by atoms with van der Waals surface area (Å²) < 4.78 is 13.0. The van der Waals surface area contributed by atoms with Crippen LogP contribution in [-0.4, -0.2) is 16.7 Å². The van der Waals surface area contributed by atoms with Crippen molar-refractivity contribution in [2.75, 3.05) is 0 Å². The topological polar surface area (TPSA) is 37.4 Å². The van der Waals surface area contributed by atoms with Crippen LogP contribution in [-0.2, 0) is 16.1 Å². The largest absolute Gasteiger partial charge is 0.273 e. The average Bonchev–Trinajstić information content (AvgIpc) is 2.74. The lowest BCUT2D eigenvalue weighted by Gasteiger charge is -2.15. The highest BCUT2D eigenvalue weighted by Crippen LogP contribution is 2.36. The lowest BCUT2D eigenvalue weighted by molar-refractivity contribution is -0.137. The minimum atomic E-state index is -0.619. The zero-order valence-electron chi connectivity index (χ0n) is 12.0. The highest BCUT2D eigenvalue weighted by atomic mass is 35.5. The minimum absolute atomic E-state index is 0.0110. The number of carbonyl (C=O) groups is 2. The summed E-state index contributed by atoms with van der Waals surface area (Å²) in [4.78, 5) is 25.9. The predicted octanol–water partition coefficient (Wildman–Crippen LogP) is 4.65. The first-order valence-corrected chi connectivity index (χ1v) is 7.97. The zero-order valence-corrected chi connectivity index (χ0v) is 14.3. The summed E-state index contributed by atoms with van der Waals surface area (Å²) in [6, 6.07) is 10.1. The van der Waals surface area contributed by atoms with Crippen LogP contribution in [0.2, 0.25) is 10.0 Å². The fraction of sp³-hybridized carbons (Fsp3) is 0.0588. The lowest BCUT2D eigenvalue weighted by Crippen LogP contribution is -2.30. The number of benzene rings is 2. The number of carbonyl (C=O) groups excluding carboxylic acids is 2. The molecule has 1 heterocycles. The molecule has 3 rings (SSSR count). The monoisotopic (exact) mass is 383 g/mol. The third-order valence-electron chi connectivity index (χ3n) is 3.57. The fourth-order valence-corrected chi connectivity index (χ4v) is 3.18. The van der Waals surface area contributed by atoms with Crippen molar-refractivity contribution < 1.29 is 14.0 Å². The Balaban J connectivity index is 1.94. The van der Waals surface area contributed by atoms with Gasteiger partial charge >= 0.3 is 0 Å². The number of imide groups is 1. The van der Waals surface area contributed by atoms with Crippen LogP contribution in [0.25, 0.3) is 5.57 Å². The van der Waals surface area contributed by atoms with Crippen molar-refractivity contribution in [3.8, 4) is 0 Å². The Morgan fingerprint density at radius 2 is 1.58 bits per heavy atom. The molecule has 0 saturated heterocycles. The van der Waals surface area contributed by atoms with E-state index >= 15 is 0 Å². The van der Waals surface area contributed by atoms with E-state index in [-0.39, 0.29) is 22.2 Å². The van der Waals surface area contributed by atoms with E-state index in [0.29, 0.717) is 16.1 Å². The summed E-state index contributed by atoms with van der Waals surface area (Å²) in [5, 5.41) is 0.423. The molecule has 2 amide bonds. The van der Waals surface area contributed by atoms with Crippen LogP contribution in [0.15, 0.2) is 47.5 Å². The van der Waals surface area contributed by atoms with Gasteiger partial charge in [0.05, 0.1) is 17.1 Å².